The van der Waals surface area contributed by atoms with Gasteiger partial charge in [0.05, 0.1) is 6.20 Å². The summed E-state index contributed by atoms with van der Waals surface area (Å²) >= 11 is 1.24. The molecule has 6 heteroatoms. The van der Waals surface area contributed by atoms with Crippen LogP contribution >= 0.6 is 11.5 Å². The first-order valence-electron chi connectivity index (χ1n) is 2.85. The summed E-state index contributed by atoms with van der Waals surface area (Å²) in [7, 11) is 0. The van der Waals surface area contributed by atoms with Gasteiger partial charge in [0, 0.05) is 5.38 Å². The maximum atomic E-state index is 5.51. The van der Waals surface area contributed by atoms with Gasteiger partial charge in [-0.25, -0.2) is 0 Å². The maximum absolute atomic E-state index is 5.51. The SMILES string of the molecule is Nc1cnoc1-c1csnn1. The van der Waals surface area contributed by atoms with Gasteiger partial charge in [-0.05, 0) is 11.5 Å². The Morgan fingerprint density at radius 3 is 3.00 bits per heavy atom. The van der Waals surface area contributed by atoms with Crippen LogP contribution in [0.2, 0.25) is 0 Å². The van der Waals surface area contributed by atoms with E-state index in [1.165, 1.54) is 17.7 Å². The minimum absolute atomic E-state index is 0.484. The lowest BCUT2D eigenvalue weighted by molar-refractivity contribution is 0.431. The summed E-state index contributed by atoms with van der Waals surface area (Å²) < 4.78 is 8.51. The third kappa shape index (κ3) is 0.966. The Kier molecular flexibility index (Phi) is 1.32. The molecule has 11 heavy (non-hydrogen) atoms. The van der Waals surface area contributed by atoms with Crippen molar-refractivity contribution in [3.8, 4) is 11.5 Å². The first kappa shape index (κ1) is 6.29. The topological polar surface area (TPSA) is 77.8 Å². The molecule has 0 saturated carbocycles. The molecule has 2 aromatic rings. The zero-order valence-corrected chi connectivity index (χ0v) is 6.21. The van der Waals surface area contributed by atoms with Gasteiger partial charge in [0.2, 0.25) is 5.76 Å². The van der Waals surface area contributed by atoms with Gasteiger partial charge in [-0.15, -0.1) is 5.10 Å². The smallest absolute Gasteiger partial charge is 0.210 e. The average Bonchev–Trinajstić information content (AvgIpc) is 2.55. The summed E-state index contributed by atoms with van der Waals surface area (Å²) in [6.07, 6.45) is 1.44. The van der Waals surface area contributed by atoms with Crippen molar-refractivity contribution in [2.45, 2.75) is 0 Å². The van der Waals surface area contributed by atoms with Crippen molar-refractivity contribution in [2.75, 3.05) is 5.73 Å². The molecule has 0 aliphatic rings. The molecule has 0 atom stereocenters. The molecule has 0 radical (unpaired) electrons. The molecule has 0 spiro atoms. The second-order valence-electron chi connectivity index (χ2n) is 1.90. The van der Waals surface area contributed by atoms with Crippen LogP contribution < -0.4 is 5.73 Å². The Morgan fingerprint density at radius 1 is 1.55 bits per heavy atom. The lowest BCUT2D eigenvalue weighted by Gasteiger charge is -1.85. The Morgan fingerprint density at radius 2 is 2.45 bits per heavy atom. The third-order valence-corrected chi connectivity index (χ3v) is 1.70. The van der Waals surface area contributed by atoms with Crippen LogP contribution in [-0.2, 0) is 0 Å². The van der Waals surface area contributed by atoms with E-state index >= 15 is 0 Å². The summed E-state index contributed by atoms with van der Waals surface area (Å²) in [6.45, 7) is 0. The second kappa shape index (κ2) is 2.31. The molecular weight excluding hydrogens is 164 g/mol. The van der Waals surface area contributed by atoms with E-state index in [9.17, 15) is 0 Å². The number of nitrogen functional groups attached to an aromatic ring is 1. The predicted molar refractivity (Wildman–Crippen MR) is 39.8 cm³/mol. The molecule has 0 aliphatic heterocycles. The molecule has 2 N–H and O–H groups in total. The fourth-order valence-electron chi connectivity index (χ4n) is 0.705. The third-order valence-electron chi connectivity index (χ3n) is 1.19. The Hall–Kier alpha value is -1.43. The van der Waals surface area contributed by atoms with Gasteiger partial charge in [0.25, 0.3) is 0 Å². The first-order chi connectivity index (χ1) is 5.38. The van der Waals surface area contributed by atoms with Gasteiger partial charge in [-0.3, -0.25) is 0 Å². The zero-order valence-electron chi connectivity index (χ0n) is 5.39. The minimum Gasteiger partial charge on any atom is -0.394 e. The lowest BCUT2D eigenvalue weighted by atomic mass is 10.3. The number of nitrogens with two attached hydrogens (primary N) is 1. The van der Waals surface area contributed by atoms with E-state index in [1.54, 1.807) is 5.38 Å². The maximum Gasteiger partial charge on any atom is 0.210 e. The van der Waals surface area contributed by atoms with Crippen molar-refractivity contribution in [1.29, 1.82) is 0 Å². The van der Waals surface area contributed by atoms with E-state index in [1.807, 2.05) is 0 Å². The number of hydrogen-bond donors (Lipinski definition) is 1. The first-order valence-corrected chi connectivity index (χ1v) is 3.69. The molecule has 2 rings (SSSR count). The summed E-state index contributed by atoms with van der Waals surface area (Å²) in [4.78, 5) is 0. The van der Waals surface area contributed by atoms with E-state index in [2.05, 4.69) is 14.7 Å². The molecule has 2 aromatic heterocycles. The lowest BCUT2D eigenvalue weighted by Crippen LogP contribution is -1.84. The Balaban J connectivity index is 2.53. The van der Waals surface area contributed by atoms with Crippen LogP contribution in [0.15, 0.2) is 16.1 Å². The van der Waals surface area contributed by atoms with Crippen molar-refractivity contribution in [3.05, 3.63) is 11.6 Å². The van der Waals surface area contributed by atoms with E-state index in [0.29, 0.717) is 17.1 Å². The van der Waals surface area contributed by atoms with Crippen LogP contribution in [0.25, 0.3) is 11.5 Å². The van der Waals surface area contributed by atoms with Gasteiger partial charge < -0.3 is 10.3 Å². The predicted octanol–water partition coefficient (Wildman–Crippen LogP) is 0.775. The van der Waals surface area contributed by atoms with Crippen LogP contribution in [-0.4, -0.2) is 14.7 Å². The normalized spacial score (nSPS) is 10.2. The molecule has 0 aromatic carbocycles. The summed E-state index contributed by atoms with van der Waals surface area (Å²) in [5.74, 6) is 0.485. The van der Waals surface area contributed by atoms with Crippen LogP contribution in [0.1, 0.15) is 0 Å². The fourth-order valence-corrected chi connectivity index (χ4v) is 1.14. The highest BCUT2D eigenvalue weighted by Crippen LogP contribution is 2.23. The van der Waals surface area contributed by atoms with Gasteiger partial charge in [0.15, 0.2) is 0 Å². The quantitative estimate of drug-likeness (QED) is 0.680. The van der Waals surface area contributed by atoms with Crippen LogP contribution in [0, 0.1) is 0 Å². The average molecular weight is 168 g/mol. The van der Waals surface area contributed by atoms with Gasteiger partial charge in [-0.1, -0.05) is 9.64 Å². The largest absolute Gasteiger partial charge is 0.394 e. The van der Waals surface area contributed by atoms with Crippen molar-refractivity contribution in [1.82, 2.24) is 14.7 Å². The van der Waals surface area contributed by atoms with E-state index in [0.717, 1.165) is 0 Å². The number of nitrogens with zero attached hydrogens (tertiary/aromatic N) is 3. The molecule has 0 fully saturated rings. The molecule has 0 amide bonds. The molecule has 2 heterocycles. The standard InChI is InChI=1S/C5H4N4OS/c6-3-1-7-10-5(3)4-2-11-9-8-4/h1-2H,6H2. The summed E-state index contributed by atoms with van der Waals surface area (Å²) in [5, 5.41) is 9.04. The number of hydrogen-bond acceptors (Lipinski definition) is 6. The number of anilines is 1. The second-order valence-corrected chi connectivity index (χ2v) is 2.51. The van der Waals surface area contributed by atoms with Crippen LogP contribution in [0.3, 0.4) is 0 Å². The summed E-state index contributed by atoms with van der Waals surface area (Å²) in [6, 6.07) is 0. The highest BCUT2D eigenvalue weighted by atomic mass is 32.1. The van der Waals surface area contributed by atoms with E-state index in [-0.39, 0.29) is 0 Å². The Labute approximate surface area is 66.0 Å². The number of rotatable bonds is 1. The van der Waals surface area contributed by atoms with Gasteiger partial charge in [-0.2, -0.15) is 0 Å². The zero-order chi connectivity index (χ0) is 7.68. The summed E-state index contributed by atoms with van der Waals surface area (Å²) in [5.41, 5.74) is 6.63. The highest BCUT2D eigenvalue weighted by molar-refractivity contribution is 7.03. The van der Waals surface area contributed by atoms with E-state index < -0.39 is 0 Å². The van der Waals surface area contributed by atoms with Gasteiger partial charge in [0.1, 0.15) is 11.4 Å². The molecule has 0 unspecified atom stereocenters. The highest BCUT2D eigenvalue weighted by Gasteiger charge is 2.09. The minimum atomic E-state index is 0.484. The van der Waals surface area contributed by atoms with E-state index in [4.69, 9.17) is 10.3 Å². The fraction of sp³-hybridized carbons (Fsp3) is 0. The van der Waals surface area contributed by atoms with Gasteiger partial charge >= 0.3 is 0 Å². The molecular formula is C5H4N4OS. The number of aromatic nitrogens is 3. The van der Waals surface area contributed by atoms with Crippen molar-refractivity contribution < 1.29 is 4.52 Å². The molecule has 56 valence electrons. The van der Waals surface area contributed by atoms with Crippen LogP contribution in [0.4, 0.5) is 5.69 Å². The van der Waals surface area contributed by atoms with Crippen LogP contribution in [0.5, 0.6) is 0 Å². The molecule has 5 nitrogen and oxygen atoms in total. The monoisotopic (exact) mass is 168 g/mol. The Bertz CT molecular complexity index is 341. The molecule has 0 aliphatic carbocycles. The van der Waals surface area contributed by atoms with Crippen molar-refractivity contribution >= 4 is 17.2 Å². The van der Waals surface area contributed by atoms with Crippen molar-refractivity contribution in [3.63, 3.8) is 0 Å². The molecule has 0 saturated heterocycles. The molecule has 0 bridgehead atoms. The van der Waals surface area contributed by atoms with Crippen molar-refractivity contribution in [2.24, 2.45) is 0 Å².